The lowest BCUT2D eigenvalue weighted by Gasteiger charge is -2.17. The highest BCUT2D eigenvalue weighted by Gasteiger charge is 2.36. The quantitative estimate of drug-likeness (QED) is 0.791. The highest BCUT2D eigenvalue weighted by atomic mass is 79.9. The van der Waals surface area contributed by atoms with Crippen LogP contribution in [0.25, 0.3) is 0 Å². The average Bonchev–Trinajstić information content (AvgIpc) is 2.23. The van der Waals surface area contributed by atoms with Crippen molar-refractivity contribution in [1.82, 2.24) is 0 Å². The molecule has 14 heavy (non-hydrogen) atoms. The van der Waals surface area contributed by atoms with Crippen LogP contribution in [0.3, 0.4) is 0 Å². The third-order valence-electron chi connectivity index (χ3n) is 2.43. The zero-order chi connectivity index (χ0) is 9.64. The lowest BCUT2D eigenvalue weighted by atomic mass is 9.96. The molecule has 0 fully saturated rings. The molecule has 1 aromatic carbocycles. The zero-order valence-electron chi connectivity index (χ0n) is 7.71. The van der Waals surface area contributed by atoms with E-state index in [2.05, 4.69) is 15.9 Å². The number of halogens is 2. The Morgan fingerprint density at radius 1 is 1.50 bits per heavy atom. The monoisotopic (exact) mass is 275 g/mol. The molecule has 1 atom stereocenters. The van der Waals surface area contributed by atoms with Gasteiger partial charge in [0.1, 0.15) is 0 Å². The summed E-state index contributed by atoms with van der Waals surface area (Å²) in [4.78, 5) is 11.5. The number of carbonyl (C=O) groups excluding carboxylic acids is 1. The highest BCUT2D eigenvalue weighted by Crippen LogP contribution is 2.35. The van der Waals surface area contributed by atoms with Gasteiger partial charge in [0.05, 0.1) is 0 Å². The van der Waals surface area contributed by atoms with Crippen molar-refractivity contribution >= 4 is 34.1 Å². The normalized spacial score (nSPS) is 24.4. The summed E-state index contributed by atoms with van der Waals surface area (Å²) < 4.78 is 0.970. The van der Waals surface area contributed by atoms with Crippen LogP contribution in [-0.2, 0) is 5.54 Å². The predicted octanol–water partition coefficient (Wildman–Crippen LogP) is 2.63. The van der Waals surface area contributed by atoms with Crippen molar-refractivity contribution in [2.75, 3.05) is 0 Å². The molecule has 76 valence electrons. The maximum atomic E-state index is 11.5. The third kappa shape index (κ3) is 1.72. The number of hydrogen-bond acceptors (Lipinski definition) is 2. The first-order valence-electron chi connectivity index (χ1n) is 4.13. The summed E-state index contributed by atoms with van der Waals surface area (Å²) >= 11 is 3.37. The number of fused-ring (bicyclic) bond motifs is 1. The van der Waals surface area contributed by atoms with Gasteiger partial charge < -0.3 is 5.73 Å². The second-order valence-electron chi connectivity index (χ2n) is 3.71. The van der Waals surface area contributed by atoms with E-state index in [1.54, 1.807) is 0 Å². The maximum Gasteiger partial charge on any atom is 0.165 e. The molecule has 1 aliphatic carbocycles. The largest absolute Gasteiger partial charge is 0.321 e. The van der Waals surface area contributed by atoms with Gasteiger partial charge in [0.15, 0.2) is 5.78 Å². The van der Waals surface area contributed by atoms with Crippen LogP contribution in [-0.4, -0.2) is 5.78 Å². The number of Topliss-reactive ketones (excluding diaryl/α,β-unsaturated/α-hetero) is 1. The smallest absolute Gasteiger partial charge is 0.165 e. The minimum Gasteiger partial charge on any atom is -0.321 e. The molecule has 2 nitrogen and oxygen atoms in total. The van der Waals surface area contributed by atoms with Crippen LogP contribution in [0.2, 0.25) is 0 Å². The Kier molecular flexibility index (Phi) is 3.04. The standard InChI is InChI=1S/C10H10BrNO.ClH/c1-10(12)5-9(13)7-3-2-6(11)4-8(7)10;/h2-4H,5,12H2,1H3;1H. The van der Waals surface area contributed by atoms with Gasteiger partial charge in [-0.05, 0) is 30.7 Å². The molecule has 1 aromatic rings. The summed E-state index contributed by atoms with van der Waals surface area (Å²) in [6.07, 6.45) is 0.415. The van der Waals surface area contributed by atoms with E-state index in [-0.39, 0.29) is 18.2 Å². The Labute approximate surface area is 97.4 Å². The number of benzene rings is 1. The van der Waals surface area contributed by atoms with Crippen LogP contribution in [0, 0.1) is 0 Å². The SMILES string of the molecule is CC1(N)CC(=O)c2ccc(Br)cc21.Cl. The first kappa shape index (κ1) is 11.7. The Morgan fingerprint density at radius 3 is 2.79 bits per heavy atom. The summed E-state index contributed by atoms with van der Waals surface area (Å²) in [6.45, 7) is 1.89. The molecule has 0 amide bonds. The Hall–Kier alpha value is -0.380. The van der Waals surface area contributed by atoms with E-state index >= 15 is 0 Å². The molecule has 1 unspecified atom stereocenters. The number of nitrogens with two attached hydrogens (primary N) is 1. The first-order valence-corrected chi connectivity index (χ1v) is 4.92. The second kappa shape index (κ2) is 3.65. The van der Waals surface area contributed by atoms with Gasteiger partial charge in [-0.3, -0.25) is 4.79 Å². The van der Waals surface area contributed by atoms with Crippen LogP contribution < -0.4 is 5.73 Å². The Balaban J connectivity index is 0.000000980. The van der Waals surface area contributed by atoms with Gasteiger partial charge >= 0.3 is 0 Å². The van der Waals surface area contributed by atoms with Crippen molar-refractivity contribution in [2.45, 2.75) is 18.9 Å². The zero-order valence-corrected chi connectivity index (χ0v) is 10.1. The van der Waals surface area contributed by atoms with E-state index in [0.717, 1.165) is 15.6 Å². The second-order valence-corrected chi connectivity index (χ2v) is 4.62. The third-order valence-corrected chi connectivity index (χ3v) is 2.92. The topological polar surface area (TPSA) is 43.1 Å². The molecule has 0 saturated heterocycles. The van der Waals surface area contributed by atoms with Crippen LogP contribution >= 0.6 is 28.3 Å². The molecule has 0 aliphatic heterocycles. The molecular formula is C10H11BrClNO. The molecule has 0 saturated carbocycles. The van der Waals surface area contributed by atoms with Crippen LogP contribution in [0.15, 0.2) is 22.7 Å². The van der Waals surface area contributed by atoms with Crippen LogP contribution in [0.1, 0.15) is 29.3 Å². The molecule has 4 heteroatoms. The summed E-state index contributed by atoms with van der Waals surface area (Å²) in [6, 6.07) is 5.64. The molecule has 0 spiro atoms. The van der Waals surface area contributed by atoms with E-state index in [1.807, 2.05) is 25.1 Å². The van der Waals surface area contributed by atoms with Gasteiger partial charge in [0, 0.05) is 22.0 Å². The molecule has 1 aliphatic rings. The van der Waals surface area contributed by atoms with E-state index in [0.29, 0.717) is 6.42 Å². The fourth-order valence-electron chi connectivity index (χ4n) is 1.76. The Bertz CT molecular complexity index is 390. The number of rotatable bonds is 0. The first-order chi connectivity index (χ1) is 6.00. The molecule has 0 aromatic heterocycles. The van der Waals surface area contributed by atoms with Gasteiger partial charge in [-0.15, -0.1) is 12.4 Å². The lowest BCUT2D eigenvalue weighted by molar-refractivity contribution is 0.0977. The van der Waals surface area contributed by atoms with Crippen molar-refractivity contribution in [3.8, 4) is 0 Å². The number of carbonyl (C=O) groups is 1. The van der Waals surface area contributed by atoms with Gasteiger partial charge in [-0.25, -0.2) is 0 Å². The van der Waals surface area contributed by atoms with E-state index in [1.165, 1.54) is 0 Å². The molecule has 0 heterocycles. The minimum absolute atomic E-state index is 0. The van der Waals surface area contributed by atoms with E-state index in [9.17, 15) is 4.79 Å². The lowest BCUT2D eigenvalue weighted by Crippen LogP contribution is -2.30. The maximum absolute atomic E-state index is 11.5. The Morgan fingerprint density at radius 2 is 2.14 bits per heavy atom. The fourth-order valence-corrected chi connectivity index (χ4v) is 2.12. The molecule has 2 N–H and O–H groups in total. The molecular weight excluding hydrogens is 265 g/mol. The summed E-state index contributed by atoms with van der Waals surface area (Å²) in [5.41, 5.74) is 7.24. The van der Waals surface area contributed by atoms with Crippen molar-refractivity contribution in [2.24, 2.45) is 5.73 Å². The van der Waals surface area contributed by atoms with Gasteiger partial charge in [0.2, 0.25) is 0 Å². The van der Waals surface area contributed by atoms with Crippen molar-refractivity contribution < 1.29 is 4.79 Å². The van der Waals surface area contributed by atoms with Gasteiger partial charge in [-0.2, -0.15) is 0 Å². The van der Waals surface area contributed by atoms with Gasteiger partial charge in [-0.1, -0.05) is 15.9 Å². The summed E-state index contributed by atoms with van der Waals surface area (Å²) in [7, 11) is 0. The summed E-state index contributed by atoms with van der Waals surface area (Å²) in [5, 5.41) is 0. The molecule has 0 radical (unpaired) electrons. The fraction of sp³-hybridized carbons (Fsp3) is 0.300. The van der Waals surface area contributed by atoms with Gasteiger partial charge in [0.25, 0.3) is 0 Å². The average molecular weight is 277 g/mol. The minimum atomic E-state index is -0.490. The van der Waals surface area contributed by atoms with Crippen LogP contribution in [0.5, 0.6) is 0 Å². The molecule has 0 bridgehead atoms. The predicted molar refractivity (Wildman–Crippen MR) is 61.9 cm³/mol. The summed E-state index contributed by atoms with van der Waals surface area (Å²) in [5.74, 6) is 0.146. The molecule has 2 rings (SSSR count). The van der Waals surface area contributed by atoms with Crippen molar-refractivity contribution in [3.05, 3.63) is 33.8 Å². The van der Waals surface area contributed by atoms with Crippen molar-refractivity contribution in [3.63, 3.8) is 0 Å². The number of hydrogen-bond donors (Lipinski definition) is 1. The highest BCUT2D eigenvalue weighted by molar-refractivity contribution is 9.10. The number of ketones is 1. The van der Waals surface area contributed by atoms with E-state index < -0.39 is 5.54 Å². The van der Waals surface area contributed by atoms with Crippen molar-refractivity contribution in [1.29, 1.82) is 0 Å². The van der Waals surface area contributed by atoms with Crippen LogP contribution in [0.4, 0.5) is 0 Å². The van der Waals surface area contributed by atoms with E-state index in [4.69, 9.17) is 5.73 Å².